The Kier molecular flexibility index (Phi) is 7.57. The van der Waals surface area contributed by atoms with E-state index in [4.69, 9.17) is 4.74 Å². The van der Waals surface area contributed by atoms with Crippen LogP contribution in [-0.4, -0.2) is 18.5 Å². The molecule has 3 rings (SSSR count). The maximum Gasteiger partial charge on any atom is 0.221 e. The van der Waals surface area contributed by atoms with Gasteiger partial charge in [0.2, 0.25) is 5.91 Å². The smallest absolute Gasteiger partial charge is 0.221 e. The Morgan fingerprint density at radius 3 is 2.33 bits per heavy atom. The number of ether oxygens (including phenoxy) is 1. The van der Waals surface area contributed by atoms with Gasteiger partial charge in [-0.2, -0.15) is 0 Å². The van der Waals surface area contributed by atoms with E-state index in [0.717, 1.165) is 29.8 Å². The van der Waals surface area contributed by atoms with Crippen LogP contribution in [0, 0.1) is 0 Å². The summed E-state index contributed by atoms with van der Waals surface area (Å²) in [5, 5.41) is 6.50. The fourth-order valence-electron chi connectivity index (χ4n) is 3.45. The van der Waals surface area contributed by atoms with Gasteiger partial charge in [-0.3, -0.25) is 4.79 Å². The van der Waals surface area contributed by atoms with E-state index in [-0.39, 0.29) is 5.91 Å². The van der Waals surface area contributed by atoms with E-state index in [1.54, 1.807) is 0 Å². The standard InChI is InChI=1S/C23H30N2O2/c26-23(25-21-10-6-1-2-7-11-21)16-17-24-20-12-14-22(15-13-20)27-18-19-8-4-3-5-9-19/h3-5,8-9,12-15,21,24H,1-2,6-7,10-11,16-18H2,(H,25,26). The lowest BCUT2D eigenvalue weighted by Gasteiger charge is -2.16. The second-order valence-corrected chi connectivity index (χ2v) is 7.23. The normalized spacial score (nSPS) is 15.0. The first-order valence-corrected chi connectivity index (χ1v) is 10.1. The molecule has 2 aromatic carbocycles. The van der Waals surface area contributed by atoms with Crippen molar-refractivity contribution in [2.75, 3.05) is 11.9 Å². The molecule has 0 heterocycles. The molecule has 1 aliphatic rings. The number of carbonyl (C=O) groups is 1. The third kappa shape index (κ3) is 6.97. The van der Waals surface area contributed by atoms with Crippen LogP contribution < -0.4 is 15.4 Å². The molecular formula is C23H30N2O2. The Bertz CT molecular complexity index is 677. The minimum atomic E-state index is 0.150. The summed E-state index contributed by atoms with van der Waals surface area (Å²) in [4.78, 5) is 12.1. The second-order valence-electron chi connectivity index (χ2n) is 7.23. The highest BCUT2D eigenvalue weighted by Crippen LogP contribution is 2.18. The van der Waals surface area contributed by atoms with Crippen molar-refractivity contribution >= 4 is 11.6 Å². The molecule has 1 aliphatic carbocycles. The van der Waals surface area contributed by atoms with Crippen molar-refractivity contribution in [1.29, 1.82) is 0 Å². The number of rotatable bonds is 8. The largest absolute Gasteiger partial charge is 0.489 e. The van der Waals surface area contributed by atoms with Crippen LogP contribution in [0.15, 0.2) is 54.6 Å². The quantitative estimate of drug-likeness (QED) is 0.653. The van der Waals surface area contributed by atoms with Crippen LogP contribution in [0.4, 0.5) is 5.69 Å². The topological polar surface area (TPSA) is 50.4 Å². The highest BCUT2D eigenvalue weighted by Gasteiger charge is 2.14. The Hall–Kier alpha value is -2.49. The monoisotopic (exact) mass is 366 g/mol. The lowest BCUT2D eigenvalue weighted by atomic mass is 10.1. The molecule has 4 nitrogen and oxygen atoms in total. The van der Waals surface area contributed by atoms with Gasteiger partial charge < -0.3 is 15.4 Å². The Morgan fingerprint density at radius 1 is 0.926 bits per heavy atom. The van der Waals surface area contributed by atoms with Crippen LogP contribution in [0.5, 0.6) is 5.75 Å². The van der Waals surface area contributed by atoms with Gasteiger partial charge in [-0.15, -0.1) is 0 Å². The fraction of sp³-hybridized carbons (Fsp3) is 0.435. The molecule has 0 radical (unpaired) electrons. The molecule has 4 heteroatoms. The Balaban J connectivity index is 1.35. The van der Waals surface area contributed by atoms with E-state index < -0.39 is 0 Å². The van der Waals surface area contributed by atoms with E-state index >= 15 is 0 Å². The minimum Gasteiger partial charge on any atom is -0.489 e. The van der Waals surface area contributed by atoms with Crippen molar-refractivity contribution in [2.24, 2.45) is 0 Å². The fourth-order valence-corrected chi connectivity index (χ4v) is 3.45. The molecule has 0 bridgehead atoms. The summed E-state index contributed by atoms with van der Waals surface area (Å²) >= 11 is 0. The van der Waals surface area contributed by atoms with Crippen molar-refractivity contribution in [3.8, 4) is 5.75 Å². The molecule has 0 spiro atoms. The van der Waals surface area contributed by atoms with Crippen LogP contribution in [0.1, 0.15) is 50.5 Å². The molecule has 1 saturated carbocycles. The minimum absolute atomic E-state index is 0.150. The van der Waals surface area contributed by atoms with Crippen molar-refractivity contribution < 1.29 is 9.53 Å². The molecule has 0 atom stereocenters. The number of anilines is 1. The Morgan fingerprint density at radius 2 is 1.63 bits per heavy atom. The van der Waals surface area contributed by atoms with E-state index in [1.807, 2.05) is 42.5 Å². The predicted molar refractivity (Wildman–Crippen MR) is 110 cm³/mol. The van der Waals surface area contributed by atoms with Crippen LogP contribution >= 0.6 is 0 Å². The average molecular weight is 367 g/mol. The molecule has 2 aromatic rings. The van der Waals surface area contributed by atoms with E-state index in [2.05, 4.69) is 22.8 Å². The highest BCUT2D eigenvalue weighted by molar-refractivity contribution is 5.76. The van der Waals surface area contributed by atoms with E-state index in [0.29, 0.717) is 25.6 Å². The zero-order chi connectivity index (χ0) is 18.7. The molecule has 2 N–H and O–H groups in total. The summed E-state index contributed by atoms with van der Waals surface area (Å²) in [5.74, 6) is 0.993. The molecule has 0 saturated heterocycles. The third-order valence-electron chi connectivity index (χ3n) is 5.00. The van der Waals surface area contributed by atoms with Gasteiger partial charge in [0.1, 0.15) is 12.4 Å². The number of nitrogens with one attached hydrogen (secondary N) is 2. The first-order chi connectivity index (χ1) is 13.3. The van der Waals surface area contributed by atoms with Gasteiger partial charge in [0, 0.05) is 24.7 Å². The van der Waals surface area contributed by atoms with Gasteiger partial charge in [0.05, 0.1) is 0 Å². The maximum absolute atomic E-state index is 12.1. The molecular weight excluding hydrogens is 336 g/mol. The zero-order valence-corrected chi connectivity index (χ0v) is 16.0. The van der Waals surface area contributed by atoms with Gasteiger partial charge in [-0.05, 0) is 42.7 Å². The maximum atomic E-state index is 12.1. The van der Waals surface area contributed by atoms with Crippen LogP contribution in [-0.2, 0) is 11.4 Å². The summed E-state index contributed by atoms with van der Waals surface area (Å²) in [6.07, 6.45) is 7.84. The first-order valence-electron chi connectivity index (χ1n) is 10.1. The van der Waals surface area contributed by atoms with Gasteiger partial charge in [-0.25, -0.2) is 0 Å². The van der Waals surface area contributed by atoms with Crippen LogP contribution in [0.2, 0.25) is 0 Å². The van der Waals surface area contributed by atoms with Gasteiger partial charge in [0.25, 0.3) is 0 Å². The lowest BCUT2D eigenvalue weighted by molar-refractivity contribution is -0.121. The summed E-state index contributed by atoms with van der Waals surface area (Å²) in [7, 11) is 0. The molecule has 0 aromatic heterocycles. The van der Waals surface area contributed by atoms with Gasteiger partial charge in [-0.1, -0.05) is 56.0 Å². The van der Waals surface area contributed by atoms with Crippen molar-refractivity contribution in [3.05, 3.63) is 60.2 Å². The summed E-state index contributed by atoms with van der Waals surface area (Å²) in [6.45, 7) is 1.21. The number of amides is 1. The number of hydrogen-bond acceptors (Lipinski definition) is 3. The van der Waals surface area contributed by atoms with Crippen LogP contribution in [0.25, 0.3) is 0 Å². The third-order valence-corrected chi connectivity index (χ3v) is 5.00. The van der Waals surface area contributed by atoms with Crippen molar-refractivity contribution in [3.63, 3.8) is 0 Å². The number of carbonyl (C=O) groups excluding carboxylic acids is 1. The van der Waals surface area contributed by atoms with Gasteiger partial charge >= 0.3 is 0 Å². The first kappa shape index (κ1) is 19.3. The van der Waals surface area contributed by atoms with Crippen molar-refractivity contribution in [1.82, 2.24) is 5.32 Å². The number of benzene rings is 2. The molecule has 0 aliphatic heterocycles. The Labute approximate surface area is 162 Å². The molecule has 144 valence electrons. The van der Waals surface area contributed by atoms with Crippen molar-refractivity contribution in [2.45, 2.75) is 57.6 Å². The average Bonchev–Trinajstić information content (AvgIpc) is 2.97. The molecule has 1 fully saturated rings. The summed E-state index contributed by atoms with van der Waals surface area (Å²) < 4.78 is 5.79. The van der Waals surface area contributed by atoms with Crippen LogP contribution in [0.3, 0.4) is 0 Å². The molecule has 27 heavy (non-hydrogen) atoms. The SMILES string of the molecule is O=C(CCNc1ccc(OCc2ccccc2)cc1)NC1CCCCCC1. The zero-order valence-electron chi connectivity index (χ0n) is 16.0. The lowest BCUT2D eigenvalue weighted by Crippen LogP contribution is -2.35. The molecule has 1 amide bonds. The van der Waals surface area contributed by atoms with E-state index in [9.17, 15) is 4.79 Å². The molecule has 0 unspecified atom stereocenters. The summed E-state index contributed by atoms with van der Waals surface area (Å²) in [6, 6.07) is 18.4. The highest BCUT2D eigenvalue weighted by atomic mass is 16.5. The summed E-state index contributed by atoms with van der Waals surface area (Å²) in [5.41, 5.74) is 2.16. The number of hydrogen-bond donors (Lipinski definition) is 2. The van der Waals surface area contributed by atoms with E-state index in [1.165, 1.54) is 25.7 Å². The van der Waals surface area contributed by atoms with Gasteiger partial charge in [0.15, 0.2) is 0 Å². The second kappa shape index (κ2) is 10.6. The predicted octanol–water partition coefficient (Wildman–Crippen LogP) is 4.91.